The maximum Gasteiger partial charge on any atom is 0.165 e. The highest BCUT2D eigenvalue weighted by Crippen LogP contribution is 2.35. The molecule has 1 aliphatic rings. The molecule has 0 spiro atoms. The molecule has 1 aromatic rings. The largest absolute Gasteiger partial charge is 0.504 e. The van der Waals surface area contributed by atoms with Crippen molar-refractivity contribution < 1.29 is 18.6 Å². The van der Waals surface area contributed by atoms with Crippen molar-refractivity contribution in [1.29, 1.82) is 0 Å². The molecule has 1 atom stereocenters. The molecule has 1 saturated heterocycles. The van der Waals surface area contributed by atoms with Gasteiger partial charge in [-0.25, -0.2) is 8.78 Å². The minimum Gasteiger partial charge on any atom is -0.504 e. The third kappa shape index (κ3) is 2.56. The number of benzene rings is 1. The van der Waals surface area contributed by atoms with Crippen LogP contribution in [0.25, 0.3) is 0 Å². The van der Waals surface area contributed by atoms with E-state index >= 15 is 0 Å². The summed E-state index contributed by atoms with van der Waals surface area (Å²) in [5.74, 6) is -2.05. The number of nitrogens with one attached hydrogen (secondary N) is 1. The number of piperidine rings is 1. The Kier molecular flexibility index (Phi) is 4.01. The van der Waals surface area contributed by atoms with Gasteiger partial charge >= 0.3 is 0 Å². The Hall–Kier alpha value is -1.36. The maximum atomic E-state index is 13.7. The summed E-state index contributed by atoms with van der Waals surface area (Å²) in [6.07, 6.45) is 2.28. The third-order valence-corrected chi connectivity index (χ3v) is 3.36. The number of phenolic OH excluding ortho intramolecular Hbond substituents is 1. The van der Waals surface area contributed by atoms with Crippen LogP contribution >= 0.6 is 0 Å². The van der Waals surface area contributed by atoms with Gasteiger partial charge in [0.05, 0.1) is 7.11 Å². The number of hydrogen-bond donors (Lipinski definition) is 2. The van der Waals surface area contributed by atoms with Crippen LogP contribution in [0.4, 0.5) is 8.78 Å². The molecule has 1 unspecified atom stereocenters. The lowest BCUT2D eigenvalue weighted by molar-refractivity contribution is 0.340. The minimum atomic E-state index is -0.983. The molecule has 0 amide bonds. The average molecular weight is 257 g/mol. The zero-order valence-electron chi connectivity index (χ0n) is 10.3. The first-order valence-corrected chi connectivity index (χ1v) is 6.08. The van der Waals surface area contributed by atoms with Crippen molar-refractivity contribution in [1.82, 2.24) is 5.32 Å². The van der Waals surface area contributed by atoms with E-state index in [1.54, 1.807) is 0 Å². The molecule has 1 aromatic carbocycles. The van der Waals surface area contributed by atoms with Gasteiger partial charge in [-0.2, -0.15) is 0 Å². The quantitative estimate of drug-likeness (QED) is 0.872. The molecular formula is C13H17F2NO2. The first-order chi connectivity index (χ1) is 8.63. The highest BCUT2D eigenvalue weighted by Gasteiger charge is 2.23. The topological polar surface area (TPSA) is 41.5 Å². The Balaban J connectivity index is 2.27. The van der Waals surface area contributed by atoms with Crippen molar-refractivity contribution in [2.75, 3.05) is 20.2 Å². The van der Waals surface area contributed by atoms with Gasteiger partial charge in [-0.1, -0.05) is 0 Å². The standard InChI is InChI=1S/C13H17F2NO2/c1-18-11-6-10(14)12(15)9(13(11)17)5-8-3-2-4-16-7-8/h6,8,16-17H,2-5,7H2,1H3. The molecular weight excluding hydrogens is 240 g/mol. The zero-order chi connectivity index (χ0) is 13.1. The average Bonchev–Trinajstić information content (AvgIpc) is 2.40. The van der Waals surface area contributed by atoms with Crippen LogP contribution in [0, 0.1) is 17.6 Å². The van der Waals surface area contributed by atoms with Crippen LogP contribution in [-0.4, -0.2) is 25.3 Å². The fourth-order valence-corrected chi connectivity index (χ4v) is 2.37. The molecule has 0 radical (unpaired) electrons. The first kappa shape index (κ1) is 13.1. The van der Waals surface area contributed by atoms with Gasteiger partial charge in [0, 0.05) is 11.6 Å². The summed E-state index contributed by atoms with van der Waals surface area (Å²) in [6, 6.07) is 0.868. The van der Waals surface area contributed by atoms with Crippen molar-refractivity contribution in [3.63, 3.8) is 0 Å². The third-order valence-electron chi connectivity index (χ3n) is 3.36. The van der Waals surface area contributed by atoms with Crippen LogP contribution in [0.2, 0.25) is 0 Å². The molecule has 1 fully saturated rings. The number of halogens is 2. The molecule has 5 heteroatoms. The van der Waals surface area contributed by atoms with Gasteiger partial charge in [-0.15, -0.1) is 0 Å². The molecule has 1 aliphatic heterocycles. The summed E-state index contributed by atoms with van der Waals surface area (Å²) >= 11 is 0. The van der Waals surface area contributed by atoms with Gasteiger partial charge in [0.15, 0.2) is 23.1 Å². The molecule has 2 rings (SSSR count). The van der Waals surface area contributed by atoms with E-state index in [4.69, 9.17) is 4.74 Å². The molecule has 0 aliphatic carbocycles. The van der Waals surface area contributed by atoms with Crippen molar-refractivity contribution >= 4 is 0 Å². The molecule has 1 heterocycles. The molecule has 2 N–H and O–H groups in total. The molecule has 100 valence electrons. The molecule has 18 heavy (non-hydrogen) atoms. The summed E-state index contributed by atoms with van der Waals surface area (Å²) < 4.78 is 31.9. The van der Waals surface area contributed by atoms with Gasteiger partial charge in [0.2, 0.25) is 0 Å². The Morgan fingerprint density at radius 1 is 1.50 bits per heavy atom. The van der Waals surface area contributed by atoms with Crippen molar-refractivity contribution in [2.45, 2.75) is 19.3 Å². The van der Waals surface area contributed by atoms with E-state index in [1.807, 2.05) is 0 Å². The Morgan fingerprint density at radius 3 is 2.89 bits per heavy atom. The van der Waals surface area contributed by atoms with E-state index in [9.17, 15) is 13.9 Å². The monoisotopic (exact) mass is 257 g/mol. The van der Waals surface area contributed by atoms with E-state index in [0.29, 0.717) is 6.42 Å². The predicted molar refractivity (Wildman–Crippen MR) is 63.9 cm³/mol. The van der Waals surface area contributed by atoms with Gasteiger partial charge < -0.3 is 15.2 Å². The maximum absolute atomic E-state index is 13.7. The van der Waals surface area contributed by atoms with E-state index in [-0.39, 0.29) is 23.0 Å². The molecule has 3 nitrogen and oxygen atoms in total. The number of methoxy groups -OCH3 is 1. The number of rotatable bonds is 3. The summed E-state index contributed by atoms with van der Waals surface area (Å²) in [6.45, 7) is 1.72. The second-order valence-corrected chi connectivity index (χ2v) is 4.62. The van der Waals surface area contributed by atoms with Crippen molar-refractivity contribution in [3.8, 4) is 11.5 Å². The van der Waals surface area contributed by atoms with E-state index in [0.717, 1.165) is 32.0 Å². The lowest BCUT2D eigenvalue weighted by Gasteiger charge is -2.23. The van der Waals surface area contributed by atoms with Gasteiger partial charge in [0.25, 0.3) is 0 Å². The van der Waals surface area contributed by atoms with Crippen LogP contribution in [-0.2, 0) is 6.42 Å². The number of ether oxygens (including phenoxy) is 1. The Morgan fingerprint density at radius 2 is 2.28 bits per heavy atom. The number of phenols is 1. The van der Waals surface area contributed by atoms with E-state index in [1.165, 1.54) is 7.11 Å². The SMILES string of the molecule is COc1cc(F)c(F)c(CC2CCCNC2)c1O. The van der Waals surface area contributed by atoms with Crippen LogP contribution in [0.5, 0.6) is 11.5 Å². The van der Waals surface area contributed by atoms with Gasteiger partial charge in [-0.05, 0) is 38.3 Å². The van der Waals surface area contributed by atoms with Crippen molar-refractivity contribution in [3.05, 3.63) is 23.3 Å². The fraction of sp³-hybridized carbons (Fsp3) is 0.538. The van der Waals surface area contributed by atoms with Crippen LogP contribution in [0.3, 0.4) is 0 Å². The van der Waals surface area contributed by atoms with Crippen molar-refractivity contribution in [2.24, 2.45) is 5.92 Å². The predicted octanol–water partition coefficient (Wildman–Crippen LogP) is 2.22. The number of aromatic hydroxyl groups is 1. The lowest BCUT2D eigenvalue weighted by Crippen LogP contribution is -2.31. The fourth-order valence-electron chi connectivity index (χ4n) is 2.37. The smallest absolute Gasteiger partial charge is 0.165 e. The zero-order valence-corrected chi connectivity index (χ0v) is 10.3. The second-order valence-electron chi connectivity index (χ2n) is 4.62. The second kappa shape index (κ2) is 5.52. The van der Waals surface area contributed by atoms with Crippen LogP contribution in [0.15, 0.2) is 6.07 Å². The van der Waals surface area contributed by atoms with Crippen LogP contribution < -0.4 is 10.1 Å². The summed E-state index contributed by atoms with van der Waals surface area (Å²) in [5.41, 5.74) is 0.0144. The summed E-state index contributed by atoms with van der Waals surface area (Å²) in [4.78, 5) is 0. The minimum absolute atomic E-state index is 0.0144. The summed E-state index contributed by atoms with van der Waals surface area (Å²) in [7, 11) is 1.32. The number of hydrogen-bond acceptors (Lipinski definition) is 3. The van der Waals surface area contributed by atoms with E-state index in [2.05, 4.69) is 5.32 Å². The molecule has 0 bridgehead atoms. The lowest BCUT2D eigenvalue weighted by atomic mass is 9.91. The molecule has 0 aromatic heterocycles. The van der Waals surface area contributed by atoms with E-state index < -0.39 is 11.6 Å². The van der Waals surface area contributed by atoms with Gasteiger partial charge in [-0.3, -0.25) is 0 Å². The van der Waals surface area contributed by atoms with Crippen LogP contribution in [0.1, 0.15) is 18.4 Å². The Bertz CT molecular complexity index is 431. The van der Waals surface area contributed by atoms with Gasteiger partial charge in [0.1, 0.15) is 0 Å². The summed E-state index contributed by atoms with van der Waals surface area (Å²) in [5, 5.41) is 13.1. The normalized spacial score (nSPS) is 19.8. The highest BCUT2D eigenvalue weighted by atomic mass is 19.2. The molecule has 0 saturated carbocycles. The Labute approximate surface area is 105 Å². The first-order valence-electron chi connectivity index (χ1n) is 6.08. The highest BCUT2D eigenvalue weighted by molar-refractivity contribution is 5.47.